The molecule has 0 rings (SSSR count). The van der Waals surface area contributed by atoms with E-state index < -0.39 is 22.2 Å². The van der Waals surface area contributed by atoms with Gasteiger partial charge in [-0.25, -0.2) is 4.39 Å². The summed E-state index contributed by atoms with van der Waals surface area (Å²) < 4.78 is 38.8. The first-order valence-electron chi connectivity index (χ1n) is 1.79. The van der Waals surface area contributed by atoms with Crippen LogP contribution in [0.1, 0.15) is 0 Å². The Balaban J connectivity index is 4.04. The van der Waals surface area contributed by atoms with Crippen LogP contribution in [0.2, 0.25) is 0 Å². The second-order valence-corrected chi connectivity index (χ2v) is 2.70. The summed E-state index contributed by atoms with van der Waals surface area (Å²) in [6.07, 6.45) is 0. The minimum Gasteiger partial charge on any atom is -0.327 e. The monoisotopic (exact) mass is 143 g/mol. The Morgan fingerprint density at radius 2 is 2.12 bits per heavy atom. The van der Waals surface area contributed by atoms with E-state index in [2.05, 4.69) is 5.73 Å². The summed E-state index contributed by atoms with van der Waals surface area (Å²) in [5.41, 5.74) is 2.20. The average molecular weight is 143 g/mol. The van der Waals surface area contributed by atoms with Gasteiger partial charge in [0.05, 0.1) is 0 Å². The first kappa shape index (κ1) is 7.80. The molecule has 3 N–H and O–H groups in total. The molecule has 0 fully saturated rings. The lowest BCUT2D eigenvalue weighted by Crippen LogP contribution is -2.24. The summed E-state index contributed by atoms with van der Waals surface area (Å²) in [7, 11) is -4.54. The zero-order valence-corrected chi connectivity index (χ0v) is 4.73. The highest BCUT2D eigenvalue weighted by Gasteiger charge is 2.18. The van der Waals surface area contributed by atoms with Gasteiger partial charge in [-0.15, -0.1) is 0 Å². The van der Waals surface area contributed by atoms with Gasteiger partial charge in [0.1, 0.15) is 0 Å². The number of hydrogen-bond donors (Lipinski definition) is 2. The van der Waals surface area contributed by atoms with E-state index in [4.69, 9.17) is 4.55 Å². The Morgan fingerprint density at radius 1 is 1.75 bits per heavy atom. The summed E-state index contributed by atoms with van der Waals surface area (Å²) in [5.74, 6) is 0. The van der Waals surface area contributed by atoms with E-state index in [0.717, 1.165) is 0 Å². The predicted molar refractivity (Wildman–Crippen MR) is 25.5 cm³/mol. The molecule has 1 atom stereocenters. The molecule has 0 bridgehead atoms. The first-order chi connectivity index (χ1) is 3.48. The molecule has 0 heterocycles. The summed E-state index contributed by atoms with van der Waals surface area (Å²) >= 11 is 0. The standard InChI is InChI=1S/C2H6FNO3S/c3-2(1-4)8(5,6)7/h2H,1,4H2,(H,5,6,7). The van der Waals surface area contributed by atoms with Crippen LogP contribution in [-0.2, 0) is 10.1 Å². The van der Waals surface area contributed by atoms with Crippen molar-refractivity contribution in [1.82, 2.24) is 0 Å². The lowest BCUT2D eigenvalue weighted by Gasteiger charge is -1.96. The van der Waals surface area contributed by atoms with Crippen LogP contribution in [0.5, 0.6) is 0 Å². The molecule has 0 spiro atoms. The fourth-order valence-electron chi connectivity index (χ4n) is 0.122. The summed E-state index contributed by atoms with van der Waals surface area (Å²) in [5, 5.41) is 0. The molecule has 6 heteroatoms. The Morgan fingerprint density at radius 3 is 2.12 bits per heavy atom. The Bertz CT molecular complexity index is 153. The highest BCUT2D eigenvalue weighted by atomic mass is 32.2. The molecule has 0 aromatic carbocycles. The second-order valence-electron chi connectivity index (χ2n) is 1.16. The second kappa shape index (κ2) is 2.38. The van der Waals surface area contributed by atoms with Crippen molar-refractivity contribution in [2.75, 3.05) is 6.54 Å². The third kappa shape index (κ3) is 2.20. The van der Waals surface area contributed by atoms with E-state index in [1.54, 1.807) is 0 Å². The molecule has 0 aliphatic carbocycles. The molecule has 0 saturated carbocycles. The Hall–Kier alpha value is -0.200. The molecule has 4 nitrogen and oxygen atoms in total. The normalized spacial score (nSPS) is 15.9. The minimum atomic E-state index is -4.54. The van der Waals surface area contributed by atoms with Crippen LogP contribution < -0.4 is 5.73 Å². The largest absolute Gasteiger partial charge is 0.327 e. The van der Waals surface area contributed by atoms with Crippen molar-refractivity contribution >= 4 is 10.1 Å². The smallest absolute Gasteiger partial charge is 0.298 e. The van der Waals surface area contributed by atoms with Gasteiger partial charge in [-0.3, -0.25) is 4.55 Å². The zero-order valence-electron chi connectivity index (χ0n) is 3.91. The van der Waals surface area contributed by atoms with E-state index in [9.17, 15) is 12.8 Å². The van der Waals surface area contributed by atoms with Crippen molar-refractivity contribution in [1.29, 1.82) is 0 Å². The van der Waals surface area contributed by atoms with Crippen molar-refractivity contribution in [3.05, 3.63) is 0 Å². The van der Waals surface area contributed by atoms with Gasteiger partial charge in [0.2, 0.25) is 5.50 Å². The number of halogens is 1. The summed E-state index contributed by atoms with van der Waals surface area (Å²) in [6.45, 7) is -0.709. The summed E-state index contributed by atoms with van der Waals surface area (Å²) in [6, 6.07) is 0. The van der Waals surface area contributed by atoms with Crippen molar-refractivity contribution < 1.29 is 17.4 Å². The quantitative estimate of drug-likeness (QED) is 0.492. The van der Waals surface area contributed by atoms with Crippen LogP contribution in [0.4, 0.5) is 4.39 Å². The topological polar surface area (TPSA) is 80.4 Å². The van der Waals surface area contributed by atoms with E-state index in [0.29, 0.717) is 0 Å². The number of rotatable bonds is 2. The lowest BCUT2D eigenvalue weighted by atomic mass is 10.8. The van der Waals surface area contributed by atoms with E-state index in [-0.39, 0.29) is 0 Å². The molecule has 0 radical (unpaired) electrons. The van der Waals surface area contributed by atoms with Crippen LogP contribution in [0.3, 0.4) is 0 Å². The van der Waals surface area contributed by atoms with Gasteiger partial charge in [-0.05, 0) is 0 Å². The molecule has 0 aliphatic rings. The minimum absolute atomic E-state index is 0.709. The average Bonchev–Trinajstić information content (AvgIpc) is 1.62. The molecule has 0 aromatic heterocycles. The van der Waals surface area contributed by atoms with Crippen LogP contribution in [0.25, 0.3) is 0 Å². The van der Waals surface area contributed by atoms with Gasteiger partial charge in [0, 0.05) is 6.54 Å². The van der Waals surface area contributed by atoms with Gasteiger partial charge in [0.25, 0.3) is 10.1 Å². The predicted octanol–water partition coefficient (Wildman–Crippen LogP) is -0.871. The molecule has 0 aliphatic heterocycles. The van der Waals surface area contributed by atoms with E-state index >= 15 is 0 Å². The molecule has 0 aromatic rings. The van der Waals surface area contributed by atoms with Gasteiger partial charge >= 0.3 is 0 Å². The third-order valence-corrected chi connectivity index (χ3v) is 1.35. The highest BCUT2D eigenvalue weighted by molar-refractivity contribution is 7.86. The molecule has 1 unspecified atom stereocenters. The highest BCUT2D eigenvalue weighted by Crippen LogP contribution is 1.95. The summed E-state index contributed by atoms with van der Waals surface area (Å²) in [4.78, 5) is 0. The van der Waals surface area contributed by atoms with Gasteiger partial charge < -0.3 is 5.73 Å². The molecular formula is C2H6FNO3S. The fourth-order valence-corrected chi connectivity index (χ4v) is 0.365. The van der Waals surface area contributed by atoms with E-state index in [1.165, 1.54) is 0 Å². The van der Waals surface area contributed by atoms with Crippen molar-refractivity contribution in [2.24, 2.45) is 5.73 Å². The maximum atomic E-state index is 11.7. The number of alkyl halides is 1. The molecule has 50 valence electrons. The van der Waals surface area contributed by atoms with E-state index in [1.807, 2.05) is 0 Å². The molecule has 8 heavy (non-hydrogen) atoms. The maximum absolute atomic E-state index is 11.7. The van der Waals surface area contributed by atoms with Gasteiger partial charge in [-0.2, -0.15) is 8.42 Å². The lowest BCUT2D eigenvalue weighted by molar-refractivity contribution is 0.378. The van der Waals surface area contributed by atoms with Crippen LogP contribution in [0.15, 0.2) is 0 Å². The van der Waals surface area contributed by atoms with Crippen LogP contribution in [-0.4, -0.2) is 25.0 Å². The van der Waals surface area contributed by atoms with Crippen LogP contribution in [0, 0.1) is 0 Å². The van der Waals surface area contributed by atoms with Crippen LogP contribution >= 0.6 is 0 Å². The zero-order chi connectivity index (χ0) is 6.78. The third-order valence-electron chi connectivity index (χ3n) is 0.509. The maximum Gasteiger partial charge on any atom is 0.298 e. The molecule has 0 saturated heterocycles. The van der Waals surface area contributed by atoms with Crippen molar-refractivity contribution in [2.45, 2.75) is 5.50 Å². The Kier molecular flexibility index (Phi) is 2.32. The van der Waals surface area contributed by atoms with Gasteiger partial charge in [-0.1, -0.05) is 0 Å². The van der Waals surface area contributed by atoms with Crippen molar-refractivity contribution in [3.63, 3.8) is 0 Å². The molecular weight excluding hydrogens is 137 g/mol. The Labute approximate surface area is 46.2 Å². The number of hydrogen-bond acceptors (Lipinski definition) is 3. The SMILES string of the molecule is NCC(F)S(=O)(=O)O. The van der Waals surface area contributed by atoms with Crippen molar-refractivity contribution in [3.8, 4) is 0 Å². The first-order valence-corrected chi connectivity index (χ1v) is 3.29. The molecule has 0 amide bonds. The number of nitrogens with two attached hydrogens (primary N) is 1. The van der Waals surface area contributed by atoms with Gasteiger partial charge in [0.15, 0.2) is 0 Å². The fraction of sp³-hybridized carbons (Fsp3) is 1.00.